The summed E-state index contributed by atoms with van der Waals surface area (Å²) in [4.78, 5) is 25.1. The molecule has 0 bridgehead atoms. The molecule has 5 heteroatoms. The fourth-order valence-electron chi connectivity index (χ4n) is 2.28. The molecule has 3 aromatic rings. The van der Waals surface area contributed by atoms with E-state index in [-0.39, 0.29) is 11.2 Å². The molecule has 0 saturated carbocycles. The molecule has 0 aliphatic rings. The number of nitrogens with zero attached hydrogens (tertiary/aromatic N) is 1. The number of nitro benzene ring substituents is 1. The first-order valence-electron chi connectivity index (χ1n) is 6.68. The van der Waals surface area contributed by atoms with E-state index in [0.29, 0.717) is 16.8 Å². The van der Waals surface area contributed by atoms with Crippen molar-refractivity contribution < 1.29 is 4.92 Å². The molecule has 3 rings (SSSR count). The van der Waals surface area contributed by atoms with Crippen molar-refractivity contribution in [2.75, 3.05) is 0 Å². The average Bonchev–Trinajstić information content (AvgIpc) is 2.55. The van der Waals surface area contributed by atoms with Crippen molar-refractivity contribution in [3.05, 3.63) is 87.2 Å². The van der Waals surface area contributed by atoms with Crippen molar-refractivity contribution in [3.8, 4) is 22.4 Å². The van der Waals surface area contributed by atoms with Crippen LogP contribution in [0.4, 0.5) is 5.69 Å². The highest BCUT2D eigenvalue weighted by Crippen LogP contribution is 2.25. The lowest BCUT2D eigenvalue weighted by Crippen LogP contribution is -2.05. The van der Waals surface area contributed by atoms with Gasteiger partial charge in [0.1, 0.15) is 0 Å². The Hall–Kier alpha value is -3.21. The second-order valence-electron chi connectivity index (χ2n) is 4.82. The summed E-state index contributed by atoms with van der Waals surface area (Å²) >= 11 is 0. The minimum atomic E-state index is -0.450. The highest BCUT2D eigenvalue weighted by Gasteiger charge is 2.09. The Morgan fingerprint density at radius 3 is 2.27 bits per heavy atom. The van der Waals surface area contributed by atoms with Crippen molar-refractivity contribution in [1.82, 2.24) is 4.98 Å². The Bertz CT molecular complexity index is 886. The zero-order valence-electron chi connectivity index (χ0n) is 11.5. The van der Waals surface area contributed by atoms with Gasteiger partial charge in [-0.1, -0.05) is 42.5 Å². The van der Waals surface area contributed by atoms with E-state index in [1.165, 1.54) is 18.2 Å². The van der Waals surface area contributed by atoms with Gasteiger partial charge in [-0.05, 0) is 22.8 Å². The molecule has 1 N–H and O–H groups in total. The van der Waals surface area contributed by atoms with Crippen LogP contribution in [0, 0.1) is 10.1 Å². The molecule has 0 saturated heterocycles. The maximum absolute atomic E-state index is 11.9. The summed E-state index contributed by atoms with van der Waals surface area (Å²) in [5.74, 6) is 0. The Balaban J connectivity index is 2.13. The van der Waals surface area contributed by atoms with Crippen molar-refractivity contribution in [2.24, 2.45) is 0 Å². The van der Waals surface area contributed by atoms with E-state index in [1.807, 2.05) is 36.4 Å². The molecule has 0 aliphatic carbocycles. The fourth-order valence-corrected chi connectivity index (χ4v) is 2.28. The van der Waals surface area contributed by atoms with Crippen LogP contribution in [-0.2, 0) is 0 Å². The van der Waals surface area contributed by atoms with Gasteiger partial charge in [0.2, 0.25) is 5.56 Å². The number of H-pyrrole nitrogens is 1. The van der Waals surface area contributed by atoms with Crippen molar-refractivity contribution in [1.29, 1.82) is 0 Å². The van der Waals surface area contributed by atoms with Crippen molar-refractivity contribution >= 4 is 5.69 Å². The Labute approximate surface area is 126 Å². The van der Waals surface area contributed by atoms with Gasteiger partial charge in [-0.15, -0.1) is 0 Å². The van der Waals surface area contributed by atoms with E-state index in [9.17, 15) is 14.9 Å². The van der Waals surface area contributed by atoms with Crippen LogP contribution in [0.1, 0.15) is 0 Å². The van der Waals surface area contributed by atoms with Gasteiger partial charge in [-0.2, -0.15) is 0 Å². The lowest BCUT2D eigenvalue weighted by atomic mass is 10.0. The maximum Gasteiger partial charge on any atom is 0.270 e. The van der Waals surface area contributed by atoms with Crippen LogP contribution in [0.5, 0.6) is 0 Å². The Morgan fingerprint density at radius 2 is 1.55 bits per heavy atom. The quantitative estimate of drug-likeness (QED) is 0.591. The van der Waals surface area contributed by atoms with Gasteiger partial charge in [0.05, 0.1) is 4.92 Å². The summed E-state index contributed by atoms with van der Waals surface area (Å²) in [5.41, 5.74) is 2.59. The largest absolute Gasteiger partial charge is 0.322 e. The van der Waals surface area contributed by atoms with Gasteiger partial charge in [0.25, 0.3) is 5.69 Å². The van der Waals surface area contributed by atoms with Gasteiger partial charge in [-0.3, -0.25) is 14.9 Å². The van der Waals surface area contributed by atoms with Crippen molar-refractivity contribution in [3.63, 3.8) is 0 Å². The maximum atomic E-state index is 11.9. The van der Waals surface area contributed by atoms with Crippen LogP contribution in [0.15, 0.2) is 71.5 Å². The summed E-state index contributed by atoms with van der Waals surface area (Å²) in [5, 5.41) is 10.9. The number of non-ortho nitro benzene ring substituents is 1. The standard InChI is InChI=1S/C17H12N2O3/c20-17-11-14(13-7-4-8-15(9-13)19(21)22)10-16(18-17)12-5-2-1-3-6-12/h1-11H,(H,18,20). The topological polar surface area (TPSA) is 76.0 Å². The summed E-state index contributed by atoms with van der Waals surface area (Å²) < 4.78 is 0. The average molecular weight is 292 g/mol. The second kappa shape index (κ2) is 5.65. The number of benzene rings is 2. The lowest BCUT2D eigenvalue weighted by molar-refractivity contribution is -0.384. The highest BCUT2D eigenvalue weighted by atomic mass is 16.6. The number of aromatic nitrogens is 1. The predicted molar refractivity (Wildman–Crippen MR) is 84.6 cm³/mol. The SMILES string of the molecule is O=c1cc(-c2cccc([N+](=O)[O-])c2)cc(-c2ccccc2)[nH]1. The number of pyridine rings is 1. The molecular formula is C17H12N2O3. The zero-order valence-corrected chi connectivity index (χ0v) is 11.5. The van der Waals surface area contributed by atoms with Crippen LogP contribution in [0.25, 0.3) is 22.4 Å². The van der Waals surface area contributed by atoms with Crippen LogP contribution < -0.4 is 5.56 Å². The first-order valence-corrected chi connectivity index (χ1v) is 6.68. The summed E-state index contributed by atoms with van der Waals surface area (Å²) in [7, 11) is 0. The smallest absolute Gasteiger partial charge is 0.270 e. The lowest BCUT2D eigenvalue weighted by Gasteiger charge is -2.06. The molecule has 0 amide bonds. The van der Waals surface area contributed by atoms with E-state index >= 15 is 0 Å². The molecule has 0 aliphatic heterocycles. The molecule has 0 radical (unpaired) electrons. The van der Waals surface area contributed by atoms with Crippen LogP contribution in [0.2, 0.25) is 0 Å². The van der Waals surface area contributed by atoms with Gasteiger partial charge >= 0.3 is 0 Å². The molecule has 2 aromatic carbocycles. The molecule has 108 valence electrons. The number of rotatable bonds is 3. The summed E-state index contributed by atoms with van der Waals surface area (Å²) in [6, 6.07) is 18.9. The first kappa shape index (κ1) is 13.8. The number of hydrogen-bond acceptors (Lipinski definition) is 3. The van der Waals surface area contributed by atoms with Crippen LogP contribution in [0.3, 0.4) is 0 Å². The van der Waals surface area contributed by atoms with Crippen LogP contribution in [-0.4, -0.2) is 9.91 Å². The summed E-state index contributed by atoms with van der Waals surface area (Å²) in [6.45, 7) is 0. The van der Waals surface area contributed by atoms with Gasteiger partial charge in [0, 0.05) is 23.9 Å². The van der Waals surface area contributed by atoms with E-state index < -0.39 is 4.92 Å². The van der Waals surface area contributed by atoms with Crippen molar-refractivity contribution in [2.45, 2.75) is 0 Å². The van der Waals surface area contributed by atoms with E-state index in [0.717, 1.165) is 5.56 Å². The number of aromatic amines is 1. The molecule has 5 nitrogen and oxygen atoms in total. The number of nitro groups is 1. The monoisotopic (exact) mass is 292 g/mol. The molecule has 1 heterocycles. The number of hydrogen-bond donors (Lipinski definition) is 1. The minimum Gasteiger partial charge on any atom is -0.322 e. The second-order valence-corrected chi connectivity index (χ2v) is 4.82. The zero-order chi connectivity index (χ0) is 15.5. The van der Waals surface area contributed by atoms with E-state index in [4.69, 9.17) is 0 Å². The third-order valence-electron chi connectivity index (χ3n) is 3.32. The van der Waals surface area contributed by atoms with E-state index in [2.05, 4.69) is 4.98 Å². The molecule has 0 unspecified atom stereocenters. The Kier molecular flexibility index (Phi) is 3.53. The third kappa shape index (κ3) is 2.78. The normalized spacial score (nSPS) is 10.4. The summed E-state index contributed by atoms with van der Waals surface area (Å²) in [6.07, 6.45) is 0. The van der Waals surface area contributed by atoms with Gasteiger partial charge < -0.3 is 4.98 Å². The molecule has 0 fully saturated rings. The van der Waals surface area contributed by atoms with Crippen LogP contribution >= 0.6 is 0 Å². The molecule has 0 atom stereocenters. The minimum absolute atomic E-state index is 0.000886. The number of nitrogens with one attached hydrogen (secondary N) is 1. The third-order valence-corrected chi connectivity index (χ3v) is 3.32. The molecule has 0 spiro atoms. The highest BCUT2D eigenvalue weighted by molar-refractivity contribution is 5.71. The van der Waals surface area contributed by atoms with Gasteiger partial charge in [-0.25, -0.2) is 0 Å². The van der Waals surface area contributed by atoms with E-state index in [1.54, 1.807) is 12.1 Å². The molecule has 1 aromatic heterocycles. The predicted octanol–water partition coefficient (Wildman–Crippen LogP) is 3.62. The molecule has 22 heavy (non-hydrogen) atoms. The van der Waals surface area contributed by atoms with Gasteiger partial charge in [0.15, 0.2) is 0 Å². The Morgan fingerprint density at radius 1 is 0.818 bits per heavy atom. The first-order chi connectivity index (χ1) is 10.6. The molecular weight excluding hydrogens is 280 g/mol. The fraction of sp³-hybridized carbons (Fsp3) is 0.